The van der Waals surface area contributed by atoms with Crippen molar-refractivity contribution < 1.29 is 4.42 Å². The molecule has 1 aliphatic carbocycles. The van der Waals surface area contributed by atoms with E-state index in [1.54, 1.807) is 6.33 Å². The van der Waals surface area contributed by atoms with E-state index in [2.05, 4.69) is 52.3 Å². The van der Waals surface area contributed by atoms with Gasteiger partial charge < -0.3 is 14.7 Å². The number of hydrogen-bond donors (Lipinski definition) is 2. The Morgan fingerprint density at radius 1 is 1.19 bits per heavy atom. The molecule has 1 aromatic carbocycles. The monoisotopic (exact) mass is 419 g/mol. The van der Waals surface area contributed by atoms with Crippen LogP contribution in [0.4, 0.5) is 0 Å². The van der Waals surface area contributed by atoms with E-state index in [4.69, 9.17) is 4.42 Å². The molecular formula is C25H33N5O. The molecule has 0 saturated carbocycles. The second kappa shape index (κ2) is 10.1. The Morgan fingerprint density at radius 2 is 2.03 bits per heavy atom. The largest absolute Gasteiger partial charge is 0.421 e. The van der Waals surface area contributed by atoms with Gasteiger partial charge in [0.05, 0.1) is 6.33 Å². The average Bonchev–Trinajstić information content (AvgIpc) is 3.45. The highest BCUT2D eigenvalue weighted by Crippen LogP contribution is 2.38. The Kier molecular flexibility index (Phi) is 6.97. The lowest BCUT2D eigenvalue weighted by molar-refractivity contribution is 0.218. The number of aromatic nitrogens is 4. The summed E-state index contributed by atoms with van der Waals surface area (Å²) in [6.45, 7) is 8.92. The minimum Gasteiger partial charge on any atom is -0.421 e. The topological polar surface area (TPSA) is 79.6 Å². The number of benzene rings is 1. The van der Waals surface area contributed by atoms with Gasteiger partial charge in [0, 0.05) is 43.4 Å². The zero-order valence-electron chi connectivity index (χ0n) is 18.7. The van der Waals surface area contributed by atoms with Gasteiger partial charge in [-0.25, -0.2) is 4.98 Å². The number of H-pyrrole nitrogens is 1. The molecule has 6 nitrogen and oxygen atoms in total. The lowest BCUT2D eigenvalue weighted by atomic mass is 9.70. The molecule has 0 fully saturated rings. The third-order valence-corrected chi connectivity index (χ3v) is 6.50. The third kappa shape index (κ3) is 5.50. The first-order chi connectivity index (χ1) is 15.1. The first kappa shape index (κ1) is 21.5. The molecule has 3 aromatic rings. The number of hydrogen-bond acceptors (Lipinski definition) is 5. The van der Waals surface area contributed by atoms with Crippen LogP contribution in [0.2, 0.25) is 0 Å². The predicted molar refractivity (Wildman–Crippen MR) is 122 cm³/mol. The first-order valence-electron chi connectivity index (χ1n) is 11.3. The molecule has 0 radical (unpaired) electrons. The van der Waals surface area contributed by atoms with Crippen molar-refractivity contribution in [3.63, 3.8) is 0 Å². The van der Waals surface area contributed by atoms with Crippen molar-refractivity contribution >= 4 is 0 Å². The molecule has 2 heterocycles. The highest BCUT2D eigenvalue weighted by atomic mass is 16.4. The van der Waals surface area contributed by atoms with Gasteiger partial charge in [0.1, 0.15) is 0 Å². The molecule has 0 unspecified atom stereocenters. The van der Waals surface area contributed by atoms with E-state index in [0.717, 1.165) is 43.8 Å². The van der Waals surface area contributed by atoms with Crippen molar-refractivity contribution in [1.82, 2.24) is 25.5 Å². The molecule has 3 atom stereocenters. The Morgan fingerprint density at radius 3 is 2.77 bits per heavy atom. The maximum Gasteiger partial charge on any atom is 0.247 e. The number of nitrogens with one attached hydrogen (secondary N) is 2. The van der Waals surface area contributed by atoms with E-state index >= 15 is 0 Å². The van der Waals surface area contributed by atoms with Crippen LogP contribution in [0.15, 0.2) is 58.9 Å². The fourth-order valence-electron chi connectivity index (χ4n) is 4.67. The number of aromatic amines is 1. The van der Waals surface area contributed by atoms with Crippen LogP contribution in [0.5, 0.6) is 0 Å². The molecule has 6 heteroatoms. The first-order valence-corrected chi connectivity index (χ1v) is 11.3. The van der Waals surface area contributed by atoms with E-state index in [9.17, 15) is 0 Å². The van der Waals surface area contributed by atoms with E-state index in [0.29, 0.717) is 29.6 Å². The minimum absolute atomic E-state index is 0.456. The van der Waals surface area contributed by atoms with Crippen molar-refractivity contribution in [3.8, 4) is 11.5 Å². The van der Waals surface area contributed by atoms with Crippen molar-refractivity contribution in [3.05, 3.63) is 66.1 Å². The highest BCUT2D eigenvalue weighted by Gasteiger charge is 2.32. The molecule has 0 aliphatic heterocycles. The van der Waals surface area contributed by atoms with Crippen molar-refractivity contribution in [2.24, 2.45) is 23.7 Å². The summed E-state index contributed by atoms with van der Waals surface area (Å²) in [6.07, 6.45) is 9.07. The molecule has 2 N–H and O–H groups in total. The van der Waals surface area contributed by atoms with Crippen LogP contribution in [0.3, 0.4) is 0 Å². The van der Waals surface area contributed by atoms with Crippen molar-refractivity contribution in [2.45, 2.75) is 40.0 Å². The molecule has 2 aromatic heterocycles. The molecule has 31 heavy (non-hydrogen) atoms. The van der Waals surface area contributed by atoms with Gasteiger partial charge >= 0.3 is 0 Å². The Balaban J connectivity index is 1.37. The Hall–Kier alpha value is -2.73. The molecular weight excluding hydrogens is 386 g/mol. The summed E-state index contributed by atoms with van der Waals surface area (Å²) in [6, 6.07) is 9.97. The van der Waals surface area contributed by atoms with Crippen LogP contribution in [-0.2, 0) is 12.8 Å². The van der Waals surface area contributed by atoms with Crippen LogP contribution < -0.4 is 5.32 Å². The SMILES string of the molecule is CC1=C[C@@H](CNCCc2cnc[nH]2)[C@H](C(C)C)C[C@H]1Cc1nnc(-c2ccccc2)o1. The summed E-state index contributed by atoms with van der Waals surface area (Å²) in [4.78, 5) is 7.26. The summed E-state index contributed by atoms with van der Waals surface area (Å²) in [5.74, 6) is 3.63. The summed E-state index contributed by atoms with van der Waals surface area (Å²) in [7, 11) is 0. The van der Waals surface area contributed by atoms with Gasteiger partial charge in [0.25, 0.3) is 0 Å². The van der Waals surface area contributed by atoms with Gasteiger partial charge in [-0.3, -0.25) is 0 Å². The summed E-state index contributed by atoms with van der Waals surface area (Å²) >= 11 is 0. The second-order valence-corrected chi connectivity index (χ2v) is 9.02. The van der Waals surface area contributed by atoms with Crippen LogP contribution in [-0.4, -0.2) is 33.3 Å². The average molecular weight is 420 g/mol. The fourth-order valence-corrected chi connectivity index (χ4v) is 4.67. The van der Waals surface area contributed by atoms with Crippen LogP contribution in [0.1, 0.15) is 38.8 Å². The highest BCUT2D eigenvalue weighted by molar-refractivity contribution is 5.51. The predicted octanol–water partition coefficient (Wildman–Crippen LogP) is 4.69. The number of imidazole rings is 1. The maximum absolute atomic E-state index is 5.99. The van der Waals surface area contributed by atoms with Crippen LogP contribution in [0, 0.1) is 23.7 Å². The summed E-state index contributed by atoms with van der Waals surface area (Å²) < 4.78 is 5.99. The molecule has 1 aliphatic rings. The fraction of sp³-hybridized carbons (Fsp3) is 0.480. The zero-order chi connectivity index (χ0) is 21.6. The second-order valence-electron chi connectivity index (χ2n) is 9.02. The Bertz CT molecular complexity index is 961. The standard InChI is InChI=1S/C25H33N5O/c1-17(2)23-12-20(13-24-29-30-25(31-24)19-7-5-4-6-8-19)18(3)11-21(23)14-26-10-9-22-15-27-16-28-22/h4-8,11,15-17,20-21,23,26H,9-10,12-14H2,1-3H3,(H,27,28)/t20-,21-,23-/m0/s1. The summed E-state index contributed by atoms with van der Waals surface area (Å²) in [5, 5.41) is 12.2. The molecule has 4 rings (SSSR count). The van der Waals surface area contributed by atoms with E-state index < -0.39 is 0 Å². The molecule has 0 amide bonds. The maximum atomic E-state index is 5.99. The molecule has 0 spiro atoms. The minimum atomic E-state index is 0.456. The van der Waals surface area contributed by atoms with Crippen LogP contribution >= 0.6 is 0 Å². The zero-order valence-corrected chi connectivity index (χ0v) is 18.7. The molecule has 164 valence electrons. The van der Waals surface area contributed by atoms with E-state index in [1.165, 1.54) is 11.3 Å². The van der Waals surface area contributed by atoms with Gasteiger partial charge in [0.15, 0.2) is 0 Å². The third-order valence-electron chi connectivity index (χ3n) is 6.50. The van der Waals surface area contributed by atoms with Crippen LogP contribution in [0.25, 0.3) is 11.5 Å². The smallest absolute Gasteiger partial charge is 0.247 e. The molecule has 0 bridgehead atoms. The molecule has 0 saturated heterocycles. The van der Waals surface area contributed by atoms with Crippen molar-refractivity contribution in [1.29, 1.82) is 0 Å². The van der Waals surface area contributed by atoms with Gasteiger partial charge in [-0.1, -0.05) is 43.7 Å². The quantitative estimate of drug-likeness (QED) is 0.389. The number of nitrogens with zero attached hydrogens (tertiary/aromatic N) is 3. The number of rotatable bonds is 9. The normalized spacial score (nSPS) is 21.4. The van der Waals surface area contributed by atoms with Crippen molar-refractivity contribution in [2.75, 3.05) is 13.1 Å². The van der Waals surface area contributed by atoms with E-state index in [-0.39, 0.29) is 0 Å². The van der Waals surface area contributed by atoms with Gasteiger partial charge in [-0.2, -0.15) is 0 Å². The summed E-state index contributed by atoms with van der Waals surface area (Å²) in [5.41, 5.74) is 3.59. The van der Waals surface area contributed by atoms with Gasteiger partial charge in [-0.15, -0.1) is 10.2 Å². The van der Waals surface area contributed by atoms with Gasteiger partial charge in [-0.05, 0) is 49.1 Å². The van der Waals surface area contributed by atoms with E-state index in [1.807, 2.05) is 36.5 Å². The number of allylic oxidation sites excluding steroid dienone is 1. The Labute approximate surface area is 184 Å². The lowest BCUT2D eigenvalue weighted by Crippen LogP contribution is -2.35. The van der Waals surface area contributed by atoms with Gasteiger partial charge in [0.2, 0.25) is 11.8 Å². The lowest BCUT2D eigenvalue weighted by Gasteiger charge is -2.37.